The van der Waals surface area contributed by atoms with Crippen LogP contribution in [0.1, 0.15) is 11.1 Å². The van der Waals surface area contributed by atoms with Crippen molar-refractivity contribution in [2.45, 2.75) is 25.9 Å². The van der Waals surface area contributed by atoms with Gasteiger partial charge in [-0.1, -0.05) is 24.3 Å². The Labute approximate surface area is 378 Å². The van der Waals surface area contributed by atoms with E-state index >= 15 is 0 Å². The molecule has 1 aromatic heterocycles. The van der Waals surface area contributed by atoms with Crippen molar-refractivity contribution >= 4 is 96.0 Å². The molecule has 0 bridgehead atoms. The number of halogens is 4. The van der Waals surface area contributed by atoms with E-state index in [0.717, 1.165) is 52.5 Å². The third-order valence-electron chi connectivity index (χ3n) is 9.49. The number of ether oxygens (including phenoxy) is 1. The fourth-order valence-electron chi connectivity index (χ4n) is 6.72. The smallest absolute Gasteiger partial charge is 0.406 e. The first-order valence-electron chi connectivity index (χ1n) is 18.2. The molecule has 6 aromatic carbocycles. The second-order valence-electron chi connectivity index (χ2n) is 14.2. The van der Waals surface area contributed by atoms with Crippen molar-refractivity contribution in [1.29, 1.82) is 0 Å². The molecule has 0 aliphatic heterocycles. The van der Waals surface area contributed by atoms with Gasteiger partial charge in [-0.05, 0) is 125 Å². The van der Waals surface area contributed by atoms with Gasteiger partial charge < -0.3 is 10.5 Å². The molecule has 0 unspecified atom stereocenters. The summed E-state index contributed by atoms with van der Waals surface area (Å²) in [6.45, 7) is 0. The molecule has 7 N–H and O–H groups in total. The number of nitrogens with two attached hydrogens (primary N) is 2. The average molecular weight is 1070 g/mol. The number of hydrogen-bond donors (Lipinski definition) is 5. The van der Waals surface area contributed by atoms with Crippen molar-refractivity contribution in [3.05, 3.63) is 136 Å². The summed E-state index contributed by atoms with van der Waals surface area (Å²) in [6, 6.07) is 26.7. The number of nitrogens with one attached hydrogen (secondary N) is 3. The predicted molar refractivity (Wildman–Crippen MR) is 243 cm³/mol. The number of alkyl halides is 3. The van der Waals surface area contributed by atoms with Crippen LogP contribution in [0.4, 0.5) is 30.2 Å². The molecule has 0 radical (unpaired) electrons. The highest BCUT2D eigenvalue weighted by molar-refractivity contribution is 14.1. The number of fused-ring (bicyclic) bond motifs is 1. The number of aromatic nitrogens is 2. The molecule has 1 heterocycles. The Balaban J connectivity index is 1.40. The molecule has 332 valence electrons. The van der Waals surface area contributed by atoms with Gasteiger partial charge in [-0.2, -0.15) is 5.10 Å². The number of hydrogen-bond acceptors (Lipinski definition) is 11. The normalized spacial score (nSPS) is 12.5. The predicted octanol–water partition coefficient (Wildman–Crippen LogP) is 5.99. The van der Waals surface area contributed by atoms with E-state index in [2.05, 4.69) is 47.0 Å². The van der Waals surface area contributed by atoms with Gasteiger partial charge in [0, 0.05) is 43.8 Å². The summed E-state index contributed by atoms with van der Waals surface area (Å²) in [6.07, 6.45) is -3.51. The molecule has 0 saturated carbocycles. The van der Waals surface area contributed by atoms with E-state index in [9.17, 15) is 46.8 Å². The lowest BCUT2D eigenvalue weighted by atomic mass is 9.93. The van der Waals surface area contributed by atoms with E-state index < -0.39 is 71.4 Å². The van der Waals surface area contributed by atoms with Crippen LogP contribution in [-0.4, -0.2) is 68.5 Å². The van der Waals surface area contributed by atoms with E-state index in [0.29, 0.717) is 11.1 Å². The first-order valence-corrected chi connectivity index (χ1v) is 26.0. The van der Waals surface area contributed by atoms with Gasteiger partial charge in [0.25, 0.3) is 20.0 Å². The Bertz CT molecular complexity index is 3500. The van der Waals surface area contributed by atoms with Crippen molar-refractivity contribution in [2.24, 2.45) is 0 Å². The van der Waals surface area contributed by atoms with Crippen molar-refractivity contribution in [3.8, 4) is 28.1 Å². The Morgan fingerprint density at radius 3 is 1.77 bits per heavy atom. The number of nitrogens with zero attached hydrogens (tertiary/aromatic N) is 1. The summed E-state index contributed by atoms with van der Waals surface area (Å²) in [5, 5.41) is 13.9. The van der Waals surface area contributed by atoms with E-state index in [-0.39, 0.29) is 56.1 Å². The topological polar surface area (TPSA) is 250 Å². The monoisotopic (exact) mass is 1070 g/mol. The Morgan fingerprint density at radius 2 is 1.22 bits per heavy atom. The number of anilines is 3. The van der Waals surface area contributed by atoms with Crippen molar-refractivity contribution in [3.63, 3.8) is 0 Å². The summed E-state index contributed by atoms with van der Waals surface area (Å²) in [7, 11) is -17.2. The molecule has 7 rings (SSSR count). The zero-order valence-corrected chi connectivity index (χ0v) is 38.4. The van der Waals surface area contributed by atoms with Gasteiger partial charge in [0.05, 0.1) is 32.2 Å². The van der Waals surface area contributed by atoms with Gasteiger partial charge in [-0.15, -0.1) is 13.2 Å². The first-order chi connectivity index (χ1) is 29.8. The average Bonchev–Trinajstić information content (AvgIpc) is 3.63. The molecule has 7 aromatic rings. The highest BCUT2D eigenvalue weighted by Crippen LogP contribution is 2.41. The van der Waals surface area contributed by atoms with Gasteiger partial charge in [0.2, 0.25) is 5.71 Å². The molecule has 64 heavy (non-hydrogen) atoms. The van der Waals surface area contributed by atoms with Crippen molar-refractivity contribution < 1.29 is 57.0 Å². The minimum Gasteiger partial charge on any atom is -0.406 e. The maximum absolute atomic E-state index is 13.9. The third-order valence-corrected chi connectivity index (χ3v) is 15.7. The number of sulfonamides is 2. The summed E-state index contributed by atoms with van der Waals surface area (Å²) >= 11 is 2.08. The second kappa shape index (κ2) is 16.8. The van der Waals surface area contributed by atoms with Gasteiger partial charge in [-0.3, -0.25) is 20.0 Å². The van der Waals surface area contributed by atoms with Crippen LogP contribution < -0.4 is 25.3 Å². The van der Waals surface area contributed by atoms with Gasteiger partial charge in [0.15, 0.2) is 19.7 Å². The lowest BCUT2D eigenvalue weighted by Crippen LogP contribution is -2.41. The summed E-state index contributed by atoms with van der Waals surface area (Å²) in [5.74, 6) is -0.756. The summed E-state index contributed by atoms with van der Waals surface area (Å²) in [5.41, 5.74) is 7.11. The van der Waals surface area contributed by atoms with Crippen molar-refractivity contribution in [1.82, 2.24) is 10.2 Å². The fraction of sp³-hybridized carbons (Fsp3) is 0.0732. The van der Waals surface area contributed by atoms with Crippen LogP contribution in [0, 0.1) is 3.57 Å². The van der Waals surface area contributed by atoms with Crippen LogP contribution in [-0.2, 0) is 39.7 Å². The largest absolute Gasteiger partial charge is 0.573 e. The Kier molecular flexibility index (Phi) is 12.1. The number of nitrogen functional groups attached to an aromatic ring is 1. The quantitative estimate of drug-likeness (QED) is 0.0510. The second-order valence-corrected chi connectivity index (χ2v) is 22.7. The molecule has 0 fully saturated rings. The molecule has 0 aliphatic carbocycles. The van der Waals surface area contributed by atoms with E-state index in [4.69, 9.17) is 11.1 Å². The third kappa shape index (κ3) is 9.86. The van der Waals surface area contributed by atoms with Crippen LogP contribution in [0.5, 0.6) is 5.75 Å². The minimum atomic E-state index is -5.21. The van der Waals surface area contributed by atoms with Crippen LogP contribution in [0.2, 0.25) is 0 Å². The number of sulfone groups is 2. The molecular formula is C41H33F3IN6O9S4+. The van der Waals surface area contributed by atoms with Crippen LogP contribution in [0.25, 0.3) is 33.3 Å². The number of rotatable bonds is 13. The SMILES string of the molecule is CS(=O)(=O)c1ccccc1S(=O)(=O)Nc1cc(C(=[NH2+])c2ccc(I)cc2)c(N)c(-c2cc(OC(F)(F)F)cc(-c3n[nH]c4ccc(NS(=O)(=O)c5ccccc5S(C)(=O)=O)cc34)c2)c1. The summed E-state index contributed by atoms with van der Waals surface area (Å²) in [4.78, 5) is -2.04. The molecule has 0 spiro atoms. The minimum absolute atomic E-state index is 0.000502. The molecule has 0 atom stereocenters. The van der Waals surface area contributed by atoms with Crippen LogP contribution in [0.15, 0.2) is 141 Å². The Hall–Kier alpha value is -6.02. The van der Waals surface area contributed by atoms with Gasteiger partial charge in [0.1, 0.15) is 21.2 Å². The van der Waals surface area contributed by atoms with E-state index in [1.165, 1.54) is 60.7 Å². The molecule has 23 heteroatoms. The zero-order valence-electron chi connectivity index (χ0n) is 33.0. The molecule has 0 amide bonds. The Morgan fingerprint density at radius 1 is 0.688 bits per heavy atom. The molecular weight excluding hydrogens is 1030 g/mol. The van der Waals surface area contributed by atoms with Gasteiger partial charge in [-0.25, -0.2) is 33.7 Å². The highest BCUT2D eigenvalue weighted by atomic mass is 127. The number of benzene rings is 6. The standard InChI is InChI=1S/C41H32F3IN6O9S4/c1-61(52,53)34-7-3-5-9-36(34)63(56,57)50-27-15-16-33-31(20-27)40(49-48-33)25-17-24(18-29(19-25)60-41(42,43)44)30-21-28(22-32(39(30)47)38(46)23-11-13-26(45)14-12-23)51-64(58,59)37-10-6-4-8-35(37)62(2,54)55/h3-22,46,50-51H,47H2,1-2H3,(H,48,49)/p+1. The zero-order chi connectivity index (χ0) is 46.6. The van der Waals surface area contributed by atoms with Crippen LogP contribution in [0.3, 0.4) is 0 Å². The van der Waals surface area contributed by atoms with E-state index in [1.54, 1.807) is 24.3 Å². The lowest BCUT2D eigenvalue weighted by Gasteiger charge is -2.18. The maximum Gasteiger partial charge on any atom is 0.573 e. The lowest BCUT2D eigenvalue weighted by molar-refractivity contribution is -0.274. The fourth-order valence-corrected chi connectivity index (χ4v) is 12.4. The highest BCUT2D eigenvalue weighted by Gasteiger charge is 2.32. The first kappa shape index (κ1) is 46.0. The molecule has 0 aliphatic rings. The number of aromatic amines is 1. The summed E-state index contributed by atoms with van der Waals surface area (Å²) < 4.78 is 157. The van der Waals surface area contributed by atoms with E-state index in [1.807, 2.05) is 0 Å². The molecule has 15 nitrogen and oxygen atoms in total. The maximum atomic E-state index is 13.9. The van der Waals surface area contributed by atoms with Gasteiger partial charge >= 0.3 is 6.36 Å². The van der Waals surface area contributed by atoms with Crippen molar-refractivity contribution in [2.75, 3.05) is 27.7 Å². The molecule has 0 saturated heterocycles. The van der Waals surface area contributed by atoms with Crippen LogP contribution >= 0.6 is 22.6 Å². The number of H-pyrrole nitrogens is 1.